The Morgan fingerprint density at radius 3 is 2.53 bits per heavy atom. The SMILES string of the molecule is Cn1c(C(N)c2ccccc2Br)nc2ccccc21. The van der Waals surface area contributed by atoms with Gasteiger partial charge in [-0.2, -0.15) is 0 Å². The number of halogens is 1. The molecule has 1 atom stereocenters. The second kappa shape index (κ2) is 4.79. The monoisotopic (exact) mass is 315 g/mol. The van der Waals surface area contributed by atoms with E-state index in [9.17, 15) is 0 Å². The van der Waals surface area contributed by atoms with Gasteiger partial charge < -0.3 is 10.3 Å². The molecule has 3 aromatic rings. The molecule has 19 heavy (non-hydrogen) atoms. The predicted octanol–water partition coefficient (Wildman–Crippen LogP) is 3.38. The zero-order chi connectivity index (χ0) is 13.4. The van der Waals surface area contributed by atoms with E-state index in [1.54, 1.807) is 0 Å². The van der Waals surface area contributed by atoms with Crippen molar-refractivity contribution in [2.75, 3.05) is 0 Å². The van der Waals surface area contributed by atoms with Crippen LogP contribution in [0.25, 0.3) is 11.0 Å². The molecule has 0 spiro atoms. The summed E-state index contributed by atoms with van der Waals surface area (Å²) in [7, 11) is 2.00. The molecule has 3 nitrogen and oxygen atoms in total. The highest BCUT2D eigenvalue weighted by Crippen LogP contribution is 2.27. The van der Waals surface area contributed by atoms with Gasteiger partial charge in [0.05, 0.1) is 17.1 Å². The first-order valence-electron chi connectivity index (χ1n) is 6.10. The number of hydrogen-bond donors (Lipinski definition) is 1. The average molecular weight is 316 g/mol. The number of rotatable bonds is 2. The third-order valence-corrected chi connectivity index (χ3v) is 4.06. The van der Waals surface area contributed by atoms with Gasteiger partial charge in [-0.1, -0.05) is 46.3 Å². The molecule has 1 unspecified atom stereocenters. The summed E-state index contributed by atoms with van der Waals surface area (Å²) in [5.74, 6) is 0.869. The molecule has 0 bridgehead atoms. The molecule has 0 amide bonds. The van der Waals surface area contributed by atoms with E-state index in [1.165, 1.54) is 0 Å². The molecule has 96 valence electrons. The van der Waals surface area contributed by atoms with Crippen LogP contribution in [0.5, 0.6) is 0 Å². The molecule has 0 aliphatic carbocycles. The van der Waals surface area contributed by atoms with Crippen LogP contribution in [0.1, 0.15) is 17.4 Å². The van der Waals surface area contributed by atoms with Crippen LogP contribution >= 0.6 is 15.9 Å². The van der Waals surface area contributed by atoms with Crippen molar-refractivity contribution in [3.05, 3.63) is 64.4 Å². The van der Waals surface area contributed by atoms with Crippen molar-refractivity contribution >= 4 is 27.0 Å². The topological polar surface area (TPSA) is 43.8 Å². The lowest BCUT2D eigenvalue weighted by atomic mass is 10.1. The number of para-hydroxylation sites is 2. The van der Waals surface area contributed by atoms with Crippen LogP contribution in [0.2, 0.25) is 0 Å². The number of benzene rings is 2. The van der Waals surface area contributed by atoms with Gasteiger partial charge in [-0.05, 0) is 23.8 Å². The summed E-state index contributed by atoms with van der Waals surface area (Å²) >= 11 is 3.55. The highest BCUT2D eigenvalue weighted by atomic mass is 79.9. The van der Waals surface area contributed by atoms with Gasteiger partial charge in [0.2, 0.25) is 0 Å². The zero-order valence-electron chi connectivity index (χ0n) is 10.5. The Balaban J connectivity index is 2.14. The van der Waals surface area contributed by atoms with Crippen LogP contribution in [-0.4, -0.2) is 9.55 Å². The van der Waals surface area contributed by atoms with Crippen LogP contribution in [-0.2, 0) is 7.05 Å². The summed E-state index contributed by atoms with van der Waals surface area (Å²) in [6, 6.07) is 15.8. The number of hydrogen-bond acceptors (Lipinski definition) is 2. The number of aryl methyl sites for hydroxylation is 1. The summed E-state index contributed by atoms with van der Waals surface area (Å²) in [5, 5.41) is 0. The Morgan fingerprint density at radius 1 is 1.11 bits per heavy atom. The third kappa shape index (κ3) is 2.07. The van der Waals surface area contributed by atoms with Crippen LogP contribution in [0.3, 0.4) is 0 Å². The lowest BCUT2D eigenvalue weighted by Crippen LogP contribution is -2.17. The van der Waals surface area contributed by atoms with Crippen molar-refractivity contribution in [3.8, 4) is 0 Å². The summed E-state index contributed by atoms with van der Waals surface area (Å²) in [5.41, 5.74) is 9.48. The standard InChI is InChI=1S/C15H14BrN3/c1-19-13-9-5-4-8-12(13)18-15(19)14(17)10-6-2-3-7-11(10)16/h2-9,14H,17H2,1H3. The smallest absolute Gasteiger partial charge is 0.131 e. The second-order valence-electron chi connectivity index (χ2n) is 4.52. The Hall–Kier alpha value is -1.65. The minimum Gasteiger partial charge on any atom is -0.330 e. The molecular weight excluding hydrogens is 302 g/mol. The lowest BCUT2D eigenvalue weighted by molar-refractivity contribution is 0.726. The molecular formula is C15H14BrN3. The van der Waals surface area contributed by atoms with E-state index in [-0.39, 0.29) is 6.04 Å². The van der Waals surface area contributed by atoms with Crippen molar-refractivity contribution in [1.82, 2.24) is 9.55 Å². The first kappa shape index (κ1) is 12.4. The number of aromatic nitrogens is 2. The molecule has 1 heterocycles. The van der Waals surface area contributed by atoms with E-state index < -0.39 is 0 Å². The first-order chi connectivity index (χ1) is 9.18. The van der Waals surface area contributed by atoms with Gasteiger partial charge in [0.15, 0.2) is 0 Å². The van der Waals surface area contributed by atoms with Crippen LogP contribution < -0.4 is 5.73 Å². The minimum absolute atomic E-state index is 0.243. The lowest BCUT2D eigenvalue weighted by Gasteiger charge is -2.13. The maximum absolute atomic E-state index is 6.37. The van der Waals surface area contributed by atoms with E-state index in [2.05, 4.69) is 31.5 Å². The molecule has 0 saturated heterocycles. The molecule has 0 radical (unpaired) electrons. The van der Waals surface area contributed by atoms with Crippen molar-refractivity contribution in [3.63, 3.8) is 0 Å². The quantitative estimate of drug-likeness (QED) is 0.787. The van der Waals surface area contributed by atoms with Crippen molar-refractivity contribution < 1.29 is 0 Å². The summed E-state index contributed by atoms with van der Waals surface area (Å²) in [6.45, 7) is 0. The fourth-order valence-corrected chi connectivity index (χ4v) is 2.84. The Labute approximate surface area is 120 Å². The Bertz CT molecular complexity index is 733. The number of imidazole rings is 1. The Morgan fingerprint density at radius 2 is 1.79 bits per heavy atom. The molecule has 2 N–H and O–H groups in total. The maximum Gasteiger partial charge on any atom is 0.131 e. The highest BCUT2D eigenvalue weighted by molar-refractivity contribution is 9.10. The predicted molar refractivity (Wildman–Crippen MR) is 80.9 cm³/mol. The average Bonchev–Trinajstić information content (AvgIpc) is 2.77. The molecule has 3 rings (SSSR count). The molecule has 0 saturated carbocycles. The van der Waals surface area contributed by atoms with Crippen molar-refractivity contribution in [2.45, 2.75) is 6.04 Å². The largest absolute Gasteiger partial charge is 0.330 e. The van der Waals surface area contributed by atoms with Gasteiger partial charge in [-0.25, -0.2) is 4.98 Å². The van der Waals surface area contributed by atoms with Gasteiger partial charge >= 0.3 is 0 Å². The highest BCUT2D eigenvalue weighted by Gasteiger charge is 2.18. The van der Waals surface area contributed by atoms with Gasteiger partial charge in [-0.15, -0.1) is 0 Å². The van der Waals surface area contributed by atoms with Crippen molar-refractivity contribution in [2.24, 2.45) is 12.8 Å². The van der Waals surface area contributed by atoms with Gasteiger partial charge in [-0.3, -0.25) is 0 Å². The van der Waals surface area contributed by atoms with E-state index >= 15 is 0 Å². The fraction of sp³-hybridized carbons (Fsp3) is 0.133. The minimum atomic E-state index is -0.243. The van der Waals surface area contributed by atoms with Crippen LogP contribution in [0.15, 0.2) is 53.0 Å². The molecule has 0 fully saturated rings. The third-order valence-electron chi connectivity index (χ3n) is 3.34. The van der Waals surface area contributed by atoms with Gasteiger partial charge in [0.25, 0.3) is 0 Å². The summed E-state index contributed by atoms with van der Waals surface area (Å²) in [6.07, 6.45) is 0. The first-order valence-corrected chi connectivity index (χ1v) is 6.89. The molecule has 1 aromatic heterocycles. The Kier molecular flexibility index (Phi) is 3.12. The molecule has 2 aromatic carbocycles. The number of nitrogens with two attached hydrogens (primary N) is 1. The molecule has 0 aliphatic rings. The van der Waals surface area contributed by atoms with Crippen LogP contribution in [0, 0.1) is 0 Å². The normalized spacial score (nSPS) is 12.8. The van der Waals surface area contributed by atoms with E-state index in [4.69, 9.17) is 5.73 Å². The summed E-state index contributed by atoms with van der Waals surface area (Å²) < 4.78 is 3.06. The number of fused-ring (bicyclic) bond motifs is 1. The second-order valence-corrected chi connectivity index (χ2v) is 5.37. The van der Waals surface area contributed by atoms with E-state index in [0.717, 1.165) is 26.9 Å². The van der Waals surface area contributed by atoms with Gasteiger partial charge in [0, 0.05) is 11.5 Å². The summed E-state index contributed by atoms with van der Waals surface area (Å²) in [4.78, 5) is 4.65. The van der Waals surface area contributed by atoms with Crippen LogP contribution in [0.4, 0.5) is 0 Å². The zero-order valence-corrected chi connectivity index (χ0v) is 12.1. The fourth-order valence-electron chi connectivity index (χ4n) is 2.31. The van der Waals surface area contributed by atoms with Crippen molar-refractivity contribution in [1.29, 1.82) is 0 Å². The molecule has 4 heteroatoms. The van der Waals surface area contributed by atoms with E-state index in [0.29, 0.717) is 0 Å². The van der Waals surface area contributed by atoms with Gasteiger partial charge in [0.1, 0.15) is 5.82 Å². The molecule has 0 aliphatic heterocycles. The number of nitrogens with zero attached hydrogens (tertiary/aromatic N) is 2. The van der Waals surface area contributed by atoms with E-state index in [1.807, 2.05) is 49.5 Å². The maximum atomic E-state index is 6.37.